The molecule has 2 aromatic rings. The highest BCUT2D eigenvalue weighted by atomic mass is 16.2. The number of aryl methyl sites for hydroxylation is 4. The molecule has 0 saturated carbocycles. The van der Waals surface area contributed by atoms with Gasteiger partial charge >= 0.3 is 0 Å². The maximum Gasteiger partial charge on any atom is 0.238 e. The lowest BCUT2D eigenvalue weighted by Crippen LogP contribution is -2.31. The van der Waals surface area contributed by atoms with Crippen LogP contribution in [0, 0.1) is 27.7 Å². The lowest BCUT2D eigenvalue weighted by atomic mass is 9.76. The fraction of sp³-hybridized carbons (Fsp3) is 0.548. The number of carbonyl (C=O) groups excluding carboxylic acids is 2. The van der Waals surface area contributed by atoms with Gasteiger partial charge in [-0.2, -0.15) is 0 Å². The van der Waals surface area contributed by atoms with E-state index in [2.05, 4.69) is 86.2 Å². The molecule has 0 spiro atoms. The molecule has 2 aliphatic heterocycles. The van der Waals surface area contributed by atoms with Crippen LogP contribution in [-0.2, 0) is 15.0 Å². The quantitative estimate of drug-likeness (QED) is 0.511. The van der Waals surface area contributed by atoms with Crippen molar-refractivity contribution in [3.63, 3.8) is 0 Å². The first-order valence-corrected chi connectivity index (χ1v) is 13.8. The van der Waals surface area contributed by atoms with E-state index in [1.165, 1.54) is 36.8 Å². The number of amides is 2. The van der Waals surface area contributed by atoms with Gasteiger partial charge in [-0.05, 0) is 113 Å². The molecule has 2 amide bonds. The lowest BCUT2D eigenvalue weighted by Gasteiger charge is -2.29. The molecule has 0 radical (unpaired) electrons. The first-order valence-electron chi connectivity index (χ1n) is 13.8. The van der Waals surface area contributed by atoms with Gasteiger partial charge in [0.1, 0.15) is 0 Å². The number of nitrogens with zero attached hydrogens (tertiary/aromatic N) is 2. The Morgan fingerprint density at radius 2 is 0.946 bits per heavy atom. The minimum atomic E-state index is -0.235. The number of benzene rings is 2. The molecule has 200 valence electrons. The maximum absolute atomic E-state index is 12.7. The molecule has 0 unspecified atom stereocenters. The van der Waals surface area contributed by atoms with Crippen LogP contribution in [0.15, 0.2) is 24.3 Å². The molecular formula is C31H44N4O2. The van der Waals surface area contributed by atoms with Crippen LogP contribution in [0.3, 0.4) is 0 Å². The van der Waals surface area contributed by atoms with E-state index in [1.54, 1.807) is 0 Å². The Labute approximate surface area is 222 Å². The molecule has 0 bridgehead atoms. The van der Waals surface area contributed by atoms with Crippen LogP contribution in [-0.4, -0.2) is 60.9 Å². The average Bonchev–Trinajstić information content (AvgIpc) is 3.53. The van der Waals surface area contributed by atoms with Crippen molar-refractivity contribution in [3.8, 4) is 0 Å². The normalized spacial score (nSPS) is 16.8. The average molecular weight is 505 g/mol. The number of anilines is 2. The van der Waals surface area contributed by atoms with Crippen molar-refractivity contribution in [1.29, 1.82) is 0 Å². The second-order valence-electron chi connectivity index (χ2n) is 11.7. The molecule has 2 aromatic carbocycles. The van der Waals surface area contributed by atoms with E-state index < -0.39 is 0 Å². The van der Waals surface area contributed by atoms with E-state index >= 15 is 0 Å². The van der Waals surface area contributed by atoms with Crippen molar-refractivity contribution >= 4 is 23.2 Å². The number of rotatable bonds is 8. The number of hydrogen-bond donors (Lipinski definition) is 2. The van der Waals surface area contributed by atoms with E-state index in [0.29, 0.717) is 13.1 Å². The minimum absolute atomic E-state index is 0.0636. The largest absolute Gasteiger partial charge is 0.324 e. The molecule has 0 aliphatic carbocycles. The first kappa shape index (κ1) is 27.3. The van der Waals surface area contributed by atoms with E-state index in [0.717, 1.165) is 59.8 Å². The molecule has 2 N–H and O–H groups in total. The third-order valence-electron chi connectivity index (χ3n) is 8.17. The van der Waals surface area contributed by atoms with E-state index in [1.807, 2.05) is 0 Å². The molecule has 0 atom stereocenters. The zero-order chi connectivity index (χ0) is 26.7. The first-order chi connectivity index (χ1) is 17.5. The van der Waals surface area contributed by atoms with Crippen LogP contribution in [0.5, 0.6) is 0 Å². The zero-order valence-electron chi connectivity index (χ0n) is 23.6. The second kappa shape index (κ2) is 11.4. The third kappa shape index (κ3) is 6.42. The molecule has 0 aromatic heterocycles. The standard InChI is InChI=1S/C31H44N4O2/c1-21-15-25(16-22(2)29(21)32-27(36)19-34-11-7-8-12-34)31(5,6)26-17-23(3)30(24(4)18-26)33-28(37)20-35-13-9-10-14-35/h15-18H,7-14,19-20H2,1-6H3,(H,32,36)(H,33,37). The third-order valence-corrected chi connectivity index (χ3v) is 8.17. The van der Waals surface area contributed by atoms with Crippen molar-refractivity contribution in [2.24, 2.45) is 0 Å². The summed E-state index contributed by atoms with van der Waals surface area (Å²) in [5.41, 5.74) is 8.36. The van der Waals surface area contributed by atoms with Gasteiger partial charge in [0.05, 0.1) is 13.1 Å². The minimum Gasteiger partial charge on any atom is -0.324 e. The molecule has 2 saturated heterocycles. The van der Waals surface area contributed by atoms with Crippen LogP contribution >= 0.6 is 0 Å². The van der Waals surface area contributed by atoms with Crippen LogP contribution in [0.25, 0.3) is 0 Å². The summed E-state index contributed by atoms with van der Waals surface area (Å²) in [4.78, 5) is 29.8. The van der Waals surface area contributed by atoms with Crippen LogP contribution in [0.1, 0.15) is 72.9 Å². The molecule has 2 heterocycles. The highest BCUT2D eigenvalue weighted by Gasteiger charge is 2.27. The van der Waals surface area contributed by atoms with Crippen LogP contribution < -0.4 is 10.6 Å². The van der Waals surface area contributed by atoms with Crippen molar-refractivity contribution < 1.29 is 9.59 Å². The molecular weight excluding hydrogens is 460 g/mol. The lowest BCUT2D eigenvalue weighted by molar-refractivity contribution is -0.117. The van der Waals surface area contributed by atoms with Gasteiger partial charge < -0.3 is 10.6 Å². The molecule has 2 aliphatic rings. The Morgan fingerprint density at radius 3 is 1.24 bits per heavy atom. The summed E-state index contributed by atoms with van der Waals surface area (Å²) < 4.78 is 0. The van der Waals surface area contributed by atoms with Crippen molar-refractivity contribution in [3.05, 3.63) is 57.6 Å². The Bertz CT molecular complexity index is 1020. The van der Waals surface area contributed by atoms with Gasteiger partial charge in [0, 0.05) is 16.8 Å². The van der Waals surface area contributed by atoms with Crippen LogP contribution in [0.4, 0.5) is 11.4 Å². The van der Waals surface area contributed by atoms with Gasteiger partial charge in [0.2, 0.25) is 11.8 Å². The van der Waals surface area contributed by atoms with Gasteiger partial charge in [-0.15, -0.1) is 0 Å². The highest BCUT2D eigenvalue weighted by molar-refractivity contribution is 5.94. The highest BCUT2D eigenvalue weighted by Crippen LogP contribution is 2.37. The fourth-order valence-corrected chi connectivity index (χ4v) is 5.86. The van der Waals surface area contributed by atoms with Crippen molar-refractivity contribution in [2.45, 2.75) is 72.6 Å². The van der Waals surface area contributed by atoms with E-state index in [9.17, 15) is 9.59 Å². The summed E-state index contributed by atoms with van der Waals surface area (Å²) in [5.74, 6) is 0.127. The summed E-state index contributed by atoms with van der Waals surface area (Å²) in [6.45, 7) is 17.8. The van der Waals surface area contributed by atoms with Gasteiger partial charge in [-0.3, -0.25) is 19.4 Å². The summed E-state index contributed by atoms with van der Waals surface area (Å²) in [6, 6.07) is 8.81. The molecule has 6 heteroatoms. The second-order valence-corrected chi connectivity index (χ2v) is 11.7. The van der Waals surface area contributed by atoms with Crippen molar-refractivity contribution in [1.82, 2.24) is 9.80 Å². The maximum atomic E-state index is 12.7. The number of hydrogen-bond acceptors (Lipinski definition) is 4. The summed E-state index contributed by atoms with van der Waals surface area (Å²) in [5, 5.41) is 6.34. The topological polar surface area (TPSA) is 64.7 Å². The molecule has 2 fully saturated rings. The summed E-state index contributed by atoms with van der Waals surface area (Å²) >= 11 is 0. The SMILES string of the molecule is Cc1cc(C(C)(C)c2cc(C)c(NC(=O)CN3CCCC3)c(C)c2)cc(C)c1NC(=O)CN1CCCC1. The molecule has 37 heavy (non-hydrogen) atoms. The Morgan fingerprint density at radius 1 is 0.649 bits per heavy atom. The Kier molecular flexibility index (Phi) is 8.39. The molecule has 6 nitrogen and oxygen atoms in total. The summed E-state index contributed by atoms with van der Waals surface area (Å²) in [7, 11) is 0. The number of carbonyl (C=O) groups is 2. The predicted molar refractivity (Wildman–Crippen MR) is 153 cm³/mol. The van der Waals surface area contributed by atoms with Crippen LogP contribution in [0.2, 0.25) is 0 Å². The fourth-order valence-electron chi connectivity index (χ4n) is 5.86. The van der Waals surface area contributed by atoms with Gasteiger partial charge in [-0.1, -0.05) is 38.1 Å². The number of nitrogens with one attached hydrogen (secondary N) is 2. The monoisotopic (exact) mass is 504 g/mol. The van der Waals surface area contributed by atoms with Crippen molar-refractivity contribution in [2.75, 3.05) is 49.9 Å². The Hall–Kier alpha value is -2.70. The van der Waals surface area contributed by atoms with E-state index in [-0.39, 0.29) is 17.2 Å². The smallest absolute Gasteiger partial charge is 0.238 e. The summed E-state index contributed by atoms with van der Waals surface area (Å²) in [6.07, 6.45) is 4.72. The molecule has 4 rings (SSSR count). The van der Waals surface area contributed by atoms with Gasteiger partial charge in [0.15, 0.2) is 0 Å². The Balaban J connectivity index is 1.50. The van der Waals surface area contributed by atoms with Gasteiger partial charge in [0.25, 0.3) is 0 Å². The number of likely N-dealkylation sites (tertiary alicyclic amines) is 2. The zero-order valence-corrected chi connectivity index (χ0v) is 23.6. The predicted octanol–water partition coefficient (Wildman–Crippen LogP) is 5.31. The van der Waals surface area contributed by atoms with Gasteiger partial charge in [-0.25, -0.2) is 0 Å². The van der Waals surface area contributed by atoms with E-state index in [4.69, 9.17) is 0 Å².